The molecule has 0 aliphatic carbocycles. The third-order valence-electron chi connectivity index (χ3n) is 2.37. The number of carboxylic acids is 1. The molecule has 0 saturated carbocycles. The van der Waals surface area contributed by atoms with Gasteiger partial charge in [-0.25, -0.2) is 0 Å². The molecule has 0 aromatic carbocycles. The number of carboxylic acid groups (broad SMARTS) is 1. The van der Waals surface area contributed by atoms with E-state index in [1.807, 2.05) is 4.90 Å². The highest BCUT2D eigenvalue weighted by atomic mass is 16.4. The largest absolute Gasteiger partial charge is 0.480 e. The lowest BCUT2D eigenvalue weighted by molar-refractivity contribution is -0.138. The number of likely N-dealkylation sites (tertiary alicyclic amines) is 1. The van der Waals surface area contributed by atoms with Crippen LogP contribution in [0, 0.1) is 0 Å². The number of carbonyl (C=O) groups is 1. The molecule has 4 heteroatoms. The van der Waals surface area contributed by atoms with Crippen LogP contribution in [0.25, 0.3) is 0 Å². The van der Waals surface area contributed by atoms with Gasteiger partial charge in [-0.2, -0.15) is 0 Å². The zero-order valence-corrected chi connectivity index (χ0v) is 7.49. The van der Waals surface area contributed by atoms with Crippen molar-refractivity contribution in [3.63, 3.8) is 0 Å². The Kier molecular flexibility index (Phi) is 3.60. The fourth-order valence-corrected chi connectivity index (χ4v) is 1.70. The van der Waals surface area contributed by atoms with Gasteiger partial charge >= 0.3 is 5.97 Å². The van der Waals surface area contributed by atoms with Crippen LogP contribution in [0.4, 0.5) is 0 Å². The van der Waals surface area contributed by atoms with Crippen molar-refractivity contribution in [2.45, 2.75) is 25.5 Å². The highest BCUT2D eigenvalue weighted by Crippen LogP contribution is 2.19. The van der Waals surface area contributed by atoms with E-state index < -0.39 is 5.97 Å². The maximum Gasteiger partial charge on any atom is 0.317 e. The lowest BCUT2D eigenvalue weighted by Crippen LogP contribution is -2.37. The van der Waals surface area contributed by atoms with Crippen LogP contribution in [0.15, 0.2) is 0 Å². The van der Waals surface area contributed by atoms with Crippen LogP contribution in [0.3, 0.4) is 0 Å². The van der Waals surface area contributed by atoms with Gasteiger partial charge in [-0.15, -0.1) is 0 Å². The predicted octanol–water partition coefficient (Wildman–Crippen LogP) is 0.708. The summed E-state index contributed by atoms with van der Waals surface area (Å²) in [5.41, 5.74) is 0. The summed E-state index contributed by atoms with van der Waals surface area (Å²) < 4.78 is 0. The second kappa shape index (κ2) is 4.50. The Hall–Kier alpha value is -0.505. The number of hydrogen-bond acceptors (Lipinski definition) is 2. The minimum absolute atomic E-state index is 0.199. The van der Waals surface area contributed by atoms with E-state index >= 15 is 0 Å². The molecule has 1 fully saturated rings. The van der Waals surface area contributed by atoms with Crippen LogP contribution in [-0.4, -0.2) is 42.9 Å². The maximum atomic E-state index is 10.4. The molecule has 1 aliphatic heterocycles. The van der Waals surface area contributed by atoms with Crippen molar-refractivity contribution in [1.82, 2.24) is 4.90 Å². The molecule has 0 bridgehead atoms. The second-order valence-corrected chi connectivity index (χ2v) is 3.36. The van der Waals surface area contributed by atoms with Crippen LogP contribution >= 0.6 is 0 Å². The molecule has 0 spiro atoms. The van der Waals surface area contributed by atoms with Gasteiger partial charge < -0.3 is 5.11 Å². The number of nitrogens with zero attached hydrogens (tertiary/aromatic N) is 1. The number of piperidine rings is 1. The third kappa shape index (κ3) is 2.85. The standard InChI is InChI=1S/C8H15BNO2/c1-9-7-3-2-4-10(5-7)6-8(11)12/h7H,2-6H2,1H3,(H,11,12). The molecule has 3 nitrogen and oxygen atoms in total. The quantitative estimate of drug-likeness (QED) is 0.630. The third-order valence-corrected chi connectivity index (χ3v) is 2.37. The van der Waals surface area contributed by atoms with E-state index in [1.54, 1.807) is 0 Å². The van der Waals surface area contributed by atoms with E-state index in [0.29, 0.717) is 5.82 Å². The first-order chi connectivity index (χ1) is 5.72. The maximum absolute atomic E-state index is 10.4. The highest BCUT2D eigenvalue weighted by Gasteiger charge is 2.19. The fourth-order valence-electron chi connectivity index (χ4n) is 1.70. The van der Waals surface area contributed by atoms with Gasteiger partial charge in [0.2, 0.25) is 0 Å². The Labute approximate surface area is 74.0 Å². The van der Waals surface area contributed by atoms with Gasteiger partial charge in [-0.05, 0) is 19.5 Å². The zero-order chi connectivity index (χ0) is 8.97. The molecule has 0 aromatic heterocycles. The molecule has 1 unspecified atom stereocenters. The number of hydrogen-bond donors (Lipinski definition) is 1. The SMILES string of the molecule is C[B]C1CCCN(CC(=O)O)C1. The minimum Gasteiger partial charge on any atom is -0.480 e. The molecule has 67 valence electrons. The summed E-state index contributed by atoms with van der Waals surface area (Å²) in [6.45, 7) is 4.11. The smallest absolute Gasteiger partial charge is 0.317 e. The first-order valence-electron chi connectivity index (χ1n) is 4.46. The fraction of sp³-hybridized carbons (Fsp3) is 0.875. The van der Waals surface area contributed by atoms with E-state index in [9.17, 15) is 4.79 Å². The molecule has 1 N–H and O–H groups in total. The van der Waals surface area contributed by atoms with Gasteiger partial charge in [0.15, 0.2) is 0 Å². The topological polar surface area (TPSA) is 40.5 Å². The van der Waals surface area contributed by atoms with Crippen molar-refractivity contribution < 1.29 is 9.90 Å². The average Bonchev–Trinajstić information content (AvgIpc) is 2.03. The minimum atomic E-state index is -0.716. The summed E-state index contributed by atoms with van der Waals surface area (Å²) in [5, 5.41) is 8.57. The van der Waals surface area contributed by atoms with Crippen LogP contribution < -0.4 is 0 Å². The van der Waals surface area contributed by atoms with Crippen molar-refractivity contribution in [3.8, 4) is 0 Å². The highest BCUT2D eigenvalue weighted by molar-refractivity contribution is 6.35. The predicted molar refractivity (Wildman–Crippen MR) is 48.7 cm³/mol. The monoisotopic (exact) mass is 168 g/mol. The molecular formula is C8H15BNO2. The molecule has 1 heterocycles. The molecule has 1 saturated heterocycles. The first kappa shape index (κ1) is 9.58. The van der Waals surface area contributed by atoms with Crippen LogP contribution in [0.1, 0.15) is 12.8 Å². The Morgan fingerprint density at radius 2 is 2.50 bits per heavy atom. The van der Waals surface area contributed by atoms with Gasteiger partial charge in [-0.1, -0.05) is 19.1 Å². The number of rotatable bonds is 3. The molecule has 1 radical (unpaired) electrons. The van der Waals surface area contributed by atoms with E-state index in [1.165, 1.54) is 6.42 Å². The van der Waals surface area contributed by atoms with Crippen LogP contribution in [-0.2, 0) is 4.79 Å². The summed E-state index contributed by atoms with van der Waals surface area (Å²) in [5.74, 6) is -0.121. The van der Waals surface area contributed by atoms with Crippen molar-refractivity contribution in [3.05, 3.63) is 0 Å². The van der Waals surface area contributed by atoms with Crippen molar-refractivity contribution >= 4 is 13.2 Å². The van der Waals surface area contributed by atoms with Gasteiger partial charge in [0.1, 0.15) is 7.28 Å². The van der Waals surface area contributed by atoms with Crippen LogP contribution in [0.2, 0.25) is 12.6 Å². The zero-order valence-electron chi connectivity index (χ0n) is 7.49. The lowest BCUT2D eigenvalue weighted by atomic mass is 9.64. The molecule has 12 heavy (non-hydrogen) atoms. The van der Waals surface area contributed by atoms with E-state index in [-0.39, 0.29) is 6.54 Å². The van der Waals surface area contributed by atoms with Crippen molar-refractivity contribution in [2.24, 2.45) is 0 Å². The first-order valence-corrected chi connectivity index (χ1v) is 4.46. The molecule has 1 atom stereocenters. The summed E-state index contributed by atoms with van der Waals surface area (Å²) in [6.07, 6.45) is 2.34. The van der Waals surface area contributed by atoms with Crippen molar-refractivity contribution in [2.75, 3.05) is 19.6 Å². The Morgan fingerprint density at radius 1 is 1.75 bits per heavy atom. The summed E-state index contributed by atoms with van der Waals surface area (Å²) >= 11 is 0. The second-order valence-electron chi connectivity index (χ2n) is 3.36. The van der Waals surface area contributed by atoms with Gasteiger partial charge in [-0.3, -0.25) is 9.69 Å². The molecule has 1 aliphatic rings. The summed E-state index contributed by atoms with van der Waals surface area (Å²) in [6, 6.07) is 0. The summed E-state index contributed by atoms with van der Waals surface area (Å²) in [4.78, 5) is 12.4. The Balaban J connectivity index is 2.30. The van der Waals surface area contributed by atoms with E-state index in [2.05, 4.69) is 14.1 Å². The molecule has 1 rings (SSSR count). The van der Waals surface area contributed by atoms with E-state index in [0.717, 1.165) is 19.5 Å². The number of aliphatic carboxylic acids is 1. The molecule has 0 aromatic rings. The Bertz CT molecular complexity index is 163. The summed E-state index contributed by atoms with van der Waals surface area (Å²) in [7, 11) is 2.17. The average molecular weight is 168 g/mol. The van der Waals surface area contributed by atoms with Crippen LogP contribution in [0.5, 0.6) is 0 Å². The lowest BCUT2D eigenvalue weighted by Gasteiger charge is -2.30. The molecular weight excluding hydrogens is 153 g/mol. The molecule has 0 amide bonds. The van der Waals surface area contributed by atoms with Crippen molar-refractivity contribution in [1.29, 1.82) is 0 Å². The van der Waals surface area contributed by atoms with Gasteiger partial charge in [0, 0.05) is 0 Å². The van der Waals surface area contributed by atoms with Gasteiger partial charge in [0.25, 0.3) is 0 Å². The van der Waals surface area contributed by atoms with E-state index in [4.69, 9.17) is 5.11 Å². The Morgan fingerprint density at radius 3 is 3.08 bits per heavy atom. The van der Waals surface area contributed by atoms with Gasteiger partial charge in [0.05, 0.1) is 6.54 Å². The normalized spacial score (nSPS) is 25.2.